The molecule has 7 heteroatoms. The van der Waals surface area contributed by atoms with Crippen LogP contribution >= 0.6 is 0 Å². The summed E-state index contributed by atoms with van der Waals surface area (Å²) < 4.78 is 28.3. The first-order valence-electron chi connectivity index (χ1n) is 11.9. The van der Waals surface area contributed by atoms with Gasteiger partial charge in [-0.15, -0.1) is 0 Å². The summed E-state index contributed by atoms with van der Waals surface area (Å²) >= 11 is 0. The summed E-state index contributed by atoms with van der Waals surface area (Å²) in [5.74, 6) is -0.266. The molecule has 2 heterocycles. The van der Waals surface area contributed by atoms with E-state index >= 15 is 0 Å². The fraction of sp³-hybridized carbons (Fsp3) is 0.172. The summed E-state index contributed by atoms with van der Waals surface area (Å²) in [7, 11) is -3.68. The maximum atomic E-state index is 13.0. The molecule has 1 saturated heterocycles. The smallest absolute Gasteiger partial charge is 0.251 e. The topological polar surface area (TPSA) is 76.5 Å². The molecule has 1 fully saturated rings. The van der Waals surface area contributed by atoms with Crippen LogP contribution in [0.25, 0.3) is 22.3 Å². The second kappa shape index (κ2) is 10.0. The highest BCUT2D eigenvalue weighted by Gasteiger charge is 2.27. The number of benzene rings is 3. The van der Waals surface area contributed by atoms with Crippen LogP contribution in [0.2, 0.25) is 0 Å². The molecule has 0 amide bonds. The first-order valence-corrected chi connectivity index (χ1v) is 13.4. The third-order valence-corrected chi connectivity index (χ3v) is 8.37. The van der Waals surface area contributed by atoms with E-state index in [0.29, 0.717) is 18.7 Å². The predicted molar refractivity (Wildman–Crippen MR) is 140 cm³/mol. The number of hydrogen-bond acceptors (Lipinski definition) is 4. The zero-order valence-corrected chi connectivity index (χ0v) is 20.5. The largest absolute Gasteiger partial charge is 0.306 e. The van der Waals surface area contributed by atoms with Gasteiger partial charge >= 0.3 is 0 Å². The van der Waals surface area contributed by atoms with Gasteiger partial charge in [0, 0.05) is 30.9 Å². The molecule has 1 aromatic heterocycles. The highest BCUT2D eigenvalue weighted by atomic mass is 32.2. The number of rotatable bonds is 7. The normalized spacial score (nSPS) is 14.1. The molecule has 5 rings (SSSR count). The van der Waals surface area contributed by atoms with Crippen LogP contribution in [0, 0.1) is 0 Å². The van der Waals surface area contributed by atoms with Crippen molar-refractivity contribution in [3.8, 4) is 22.3 Å². The van der Waals surface area contributed by atoms with E-state index in [1.807, 2.05) is 42.5 Å². The summed E-state index contributed by atoms with van der Waals surface area (Å²) in [5, 5.41) is 0. The summed E-state index contributed by atoms with van der Waals surface area (Å²) in [6.45, 7) is 0.715. The van der Waals surface area contributed by atoms with Crippen LogP contribution in [0.15, 0.2) is 107 Å². The van der Waals surface area contributed by atoms with Crippen molar-refractivity contribution in [2.75, 3.05) is 13.1 Å². The minimum Gasteiger partial charge on any atom is -0.306 e. The minimum absolute atomic E-state index is 0.0328. The van der Waals surface area contributed by atoms with Gasteiger partial charge in [0.1, 0.15) is 0 Å². The number of ketones is 1. The van der Waals surface area contributed by atoms with E-state index in [4.69, 9.17) is 0 Å². The van der Waals surface area contributed by atoms with Gasteiger partial charge < -0.3 is 4.57 Å². The number of carbonyl (C=O) groups excluding carboxylic acids is 1. The van der Waals surface area contributed by atoms with Crippen molar-refractivity contribution in [2.24, 2.45) is 0 Å². The minimum atomic E-state index is -3.68. The van der Waals surface area contributed by atoms with Gasteiger partial charge in [-0.25, -0.2) is 8.42 Å². The maximum Gasteiger partial charge on any atom is 0.251 e. The van der Waals surface area contributed by atoms with Crippen LogP contribution in [0.5, 0.6) is 0 Å². The highest BCUT2D eigenvalue weighted by molar-refractivity contribution is 7.89. The second-order valence-electron chi connectivity index (χ2n) is 8.89. The number of hydrogen-bond donors (Lipinski definition) is 0. The molecule has 0 radical (unpaired) electrons. The van der Waals surface area contributed by atoms with Gasteiger partial charge in [-0.2, -0.15) is 4.31 Å². The van der Waals surface area contributed by atoms with Crippen LogP contribution in [0.4, 0.5) is 0 Å². The lowest BCUT2D eigenvalue weighted by Crippen LogP contribution is -2.30. The lowest BCUT2D eigenvalue weighted by molar-refractivity contribution is 0.0970. The summed E-state index contributed by atoms with van der Waals surface area (Å²) in [6.07, 6.45) is 2.92. The van der Waals surface area contributed by atoms with Crippen LogP contribution in [0.1, 0.15) is 23.2 Å². The molecule has 36 heavy (non-hydrogen) atoms. The van der Waals surface area contributed by atoms with E-state index in [-0.39, 0.29) is 17.2 Å². The fourth-order valence-electron chi connectivity index (χ4n) is 4.47. The summed E-state index contributed by atoms with van der Waals surface area (Å²) in [4.78, 5) is 25.4. The monoisotopic (exact) mass is 498 g/mol. The molecule has 0 aliphatic carbocycles. The zero-order chi connectivity index (χ0) is 25.1. The zero-order valence-electron chi connectivity index (χ0n) is 19.7. The van der Waals surface area contributed by atoms with E-state index in [1.54, 1.807) is 12.1 Å². The Morgan fingerprint density at radius 2 is 1.33 bits per heavy atom. The molecule has 1 aliphatic rings. The molecule has 0 atom stereocenters. The molecular formula is C29H26N2O4S. The Hall–Kier alpha value is -3.81. The standard InChI is InChI=1S/C29H26N2O4S/c32-28(21-30-20-27(15-16-29(30)33)36(34,35)31-17-4-5-18-31)24-13-11-23(12-14-24)26-10-6-9-25(19-26)22-7-2-1-3-8-22/h1-3,6-16,19-20H,4-5,17-18,21H2. The second-order valence-corrected chi connectivity index (χ2v) is 10.8. The molecule has 4 aromatic rings. The number of aromatic nitrogens is 1. The average Bonchev–Trinajstić information content (AvgIpc) is 3.47. The maximum absolute atomic E-state index is 13.0. The Balaban J connectivity index is 1.35. The molecule has 0 spiro atoms. The van der Waals surface area contributed by atoms with Crippen LogP contribution in [-0.4, -0.2) is 36.2 Å². The molecule has 3 aromatic carbocycles. The number of pyridine rings is 1. The molecule has 6 nitrogen and oxygen atoms in total. The SMILES string of the molecule is O=C(Cn1cc(S(=O)(=O)N2CCCC2)ccc1=O)c1ccc(-c2cccc(-c3ccccc3)c2)cc1. The van der Waals surface area contributed by atoms with Gasteiger partial charge in [-0.3, -0.25) is 9.59 Å². The first-order chi connectivity index (χ1) is 17.4. The highest BCUT2D eigenvalue weighted by Crippen LogP contribution is 2.27. The van der Waals surface area contributed by atoms with Crippen molar-refractivity contribution in [2.45, 2.75) is 24.3 Å². The van der Waals surface area contributed by atoms with E-state index in [2.05, 4.69) is 24.3 Å². The quantitative estimate of drug-likeness (QED) is 0.341. The molecular weight excluding hydrogens is 472 g/mol. The molecule has 0 bridgehead atoms. The Labute approximate surface area is 210 Å². The van der Waals surface area contributed by atoms with E-state index in [0.717, 1.165) is 35.1 Å². The van der Waals surface area contributed by atoms with E-state index < -0.39 is 15.6 Å². The number of Topliss-reactive ketones (excluding diaryl/α,β-unsaturated/α-hetero) is 1. The van der Waals surface area contributed by atoms with Gasteiger partial charge in [0.05, 0.1) is 11.4 Å². The molecule has 0 unspecified atom stereocenters. The van der Waals surface area contributed by atoms with Crippen LogP contribution < -0.4 is 5.56 Å². The number of sulfonamides is 1. The van der Waals surface area contributed by atoms with E-state index in [1.165, 1.54) is 27.2 Å². The van der Waals surface area contributed by atoms with Crippen molar-refractivity contribution in [3.05, 3.63) is 113 Å². The lowest BCUT2D eigenvalue weighted by Gasteiger charge is -2.16. The van der Waals surface area contributed by atoms with Crippen molar-refractivity contribution < 1.29 is 13.2 Å². The van der Waals surface area contributed by atoms with Crippen molar-refractivity contribution >= 4 is 15.8 Å². The Bertz CT molecular complexity index is 1550. The summed E-state index contributed by atoms with van der Waals surface area (Å²) in [6, 6.07) is 28.1. The Morgan fingerprint density at radius 3 is 2.00 bits per heavy atom. The average molecular weight is 499 g/mol. The summed E-state index contributed by atoms with van der Waals surface area (Å²) in [5.41, 5.74) is 4.28. The molecule has 0 saturated carbocycles. The third kappa shape index (κ3) is 4.94. The Kier molecular flexibility index (Phi) is 6.67. The molecule has 1 aliphatic heterocycles. The van der Waals surface area contributed by atoms with Gasteiger partial charge in [0.15, 0.2) is 5.78 Å². The van der Waals surface area contributed by atoms with Gasteiger partial charge in [-0.05, 0) is 47.2 Å². The van der Waals surface area contributed by atoms with E-state index in [9.17, 15) is 18.0 Å². The number of nitrogens with zero attached hydrogens (tertiary/aromatic N) is 2. The fourth-order valence-corrected chi connectivity index (χ4v) is 6.00. The first kappa shape index (κ1) is 23.9. The molecule has 182 valence electrons. The van der Waals surface area contributed by atoms with Gasteiger partial charge in [-0.1, -0.05) is 72.8 Å². The predicted octanol–water partition coefficient (Wildman–Crippen LogP) is 4.85. The molecule has 0 N–H and O–H groups in total. The lowest BCUT2D eigenvalue weighted by atomic mass is 9.98. The van der Waals surface area contributed by atoms with Crippen molar-refractivity contribution in [1.82, 2.24) is 8.87 Å². The third-order valence-electron chi connectivity index (χ3n) is 6.48. The van der Waals surface area contributed by atoms with Gasteiger partial charge in [0.2, 0.25) is 10.0 Å². The van der Waals surface area contributed by atoms with Crippen molar-refractivity contribution in [1.29, 1.82) is 0 Å². The van der Waals surface area contributed by atoms with Crippen LogP contribution in [0.3, 0.4) is 0 Å². The van der Waals surface area contributed by atoms with Gasteiger partial charge in [0.25, 0.3) is 5.56 Å². The number of carbonyl (C=O) groups is 1. The van der Waals surface area contributed by atoms with Crippen LogP contribution in [-0.2, 0) is 16.6 Å². The van der Waals surface area contributed by atoms with Crippen molar-refractivity contribution in [3.63, 3.8) is 0 Å². The Morgan fingerprint density at radius 1 is 0.722 bits per heavy atom.